The van der Waals surface area contributed by atoms with Crippen LogP contribution in [0.1, 0.15) is 40.5 Å². The van der Waals surface area contributed by atoms with E-state index in [0.29, 0.717) is 12.0 Å². The van der Waals surface area contributed by atoms with Crippen molar-refractivity contribution in [2.24, 2.45) is 17.6 Å². The van der Waals surface area contributed by atoms with Gasteiger partial charge in [-0.15, -0.1) is 0 Å². The number of fused-ring (bicyclic) bond motifs is 2. The number of primary amides is 1. The van der Waals surface area contributed by atoms with E-state index in [9.17, 15) is 28.7 Å². The molecular weight excluding hydrogens is 549 g/mol. The van der Waals surface area contributed by atoms with Crippen LogP contribution in [0.15, 0.2) is 58.5 Å². The minimum atomic E-state index is -1.02. The van der Waals surface area contributed by atoms with Crippen LogP contribution in [0.4, 0.5) is 9.18 Å². The maximum absolute atomic E-state index is 13.5. The number of Topliss-reactive ketones (excluding diaryl/α,β-unsaturated/α-hetero) is 1. The Morgan fingerprint density at radius 3 is 2.48 bits per heavy atom. The molecule has 0 unspecified atom stereocenters. The largest absolute Gasteiger partial charge is 0.439 e. The molecule has 0 aromatic heterocycles. The SMILES string of the molecule is CO[C@H]1/C=C/C=C(/C)C(=O)NC2=CC(=O)C(NCCF)=C(C[C@@H](C)C[C@H](OC)[C@H](O)[C@@H](C)/C=C(\C)[C@@H]1OC(N)=O)C2=O. The van der Waals surface area contributed by atoms with Gasteiger partial charge in [0.25, 0.3) is 5.91 Å². The number of carbonyl (C=O) groups excluding carboxylic acids is 4. The molecule has 1 aliphatic carbocycles. The molecule has 12 heteroatoms. The van der Waals surface area contributed by atoms with Gasteiger partial charge in [0.05, 0.1) is 23.6 Å². The number of rotatable bonds is 6. The summed E-state index contributed by atoms with van der Waals surface area (Å²) in [6.45, 7) is 5.92. The summed E-state index contributed by atoms with van der Waals surface area (Å²) in [5.74, 6) is -2.49. The zero-order valence-corrected chi connectivity index (χ0v) is 24.9. The topological polar surface area (TPSA) is 166 Å². The molecule has 1 aliphatic heterocycles. The standard InChI is InChI=1S/C30H42FN3O8/c1-16-12-20-25(33-11-10-31)22(35)15-21(27(20)37)34-29(38)17(2)8-7-9-23(40-5)28(42-30(32)39)19(4)14-18(3)26(36)24(13-16)41-6/h7-9,14-16,18,23-24,26,28,33,36H,10-13H2,1-6H3,(H2,32,39)(H,34,38)/b9-7+,17-8-,19-14+/t16-,18+,23+,24+,26-,28+/m1/s1. The zero-order chi connectivity index (χ0) is 31.6. The monoisotopic (exact) mass is 591 g/mol. The number of aliphatic hydroxyl groups is 1. The summed E-state index contributed by atoms with van der Waals surface area (Å²) in [6.07, 6.45) is 3.29. The molecule has 0 saturated heterocycles. The van der Waals surface area contributed by atoms with Crippen molar-refractivity contribution < 1.29 is 42.9 Å². The summed E-state index contributed by atoms with van der Waals surface area (Å²) < 4.78 is 29.4. The maximum Gasteiger partial charge on any atom is 0.405 e. The molecule has 6 atom stereocenters. The minimum Gasteiger partial charge on any atom is -0.439 e. The average Bonchev–Trinajstić information content (AvgIpc) is 2.94. The minimum absolute atomic E-state index is 0.0175. The van der Waals surface area contributed by atoms with Gasteiger partial charge in [0, 0.05) is 43.9 Å². The summed E-state index contributed by atoms with van der Waals surface area (Å²) >= 11 is 0. The van der Waals surface area contributed by atoms with E-state index in [2.05, 4.69) is 10.6 Å². The molecule has 232 valence electrons. The molecule has 2 amide bonds. The third kappa shape index (κ3) is 9.20. The number of amides is 2. The molecule has 2 bridgehead atoms. The highest BCUT2D eigenvalue weighted by molar-refractivity contribution is 6.23. The number of hydrogen-bond acceptors (Lipinski definition) is 9. The lowest BCUT2D eigenvalue weighted by Gasteiger charge is -2.30. The second-order valence-corrected chi connectivity index (χ2v) is 10.5. The summed E-state index contributed by atoms with van der Waals surface area (Å²) in [4.78, 5) is 51.1. The normalized spacial score (nSPS) is 31.7. The van der Waals surface area contributed by atoms with E-state index in [-0.39, 0.29) is 41.4 Å². The molecule has 1 heterocycles. The summed E-state index contributed by atoms with van der Waals surface area (Å²) in [7, 11) is 2.87. The van der Waals surface area contributed by atoms with Crippen LogP contribution in [0.2, 0.25) is 0 Å². The van der Waals surface area contributed by atoms with Gasteiger partial charge in [0.15, 0.2) is 6.10 Å². The number of nitrogens with two attached hydrogens (primary N) is 1. The van der Waals surface area contributed by atoms with Crippen molar-refractivity contribution in [2.75, 3.05) is 27.4 Å². The highest BCUT2D eigenvalue weighted by atomic mass is 19.1. The van der Waals surface area contributed by atoms with E-state index in [1.807, 2.05) is 6.92 Å². The number of aliphatic hydroxyl groups excluding tert-OH is 1. The smallest absolute Gasteiger partial charge is 0.405 e. The van der Waals surface area contributed by atoms with Crippen molar-refractivity contribution in [3.63, 3.8) is 0 Å². The van der Waals surface area contributed by atoms with Crippen LogP contribution in [0, 0.1) is 11.8 Å². The molecule has 0 saturated carbocycles. The molecule has 0 radical (unpaired) electrons. The number of ketones is 2. The first-order valence-corrected chi connectivity index (χ1v) is 13.7. The van der Waals surface area contributed by atoms with Gasteiger partial charge in [-0.3, -0.25) is 14.4 Å². The zero-order valence-electron chi connectivity index (χ0n) is 24.9. The van der Waals surface area contributed by atoms with Crippen LogP contribution < -0.4 is 16.4 Å². The van der Waals surface area contributed by atoms with E-state index in [0.717, 1.165) is 6.08 Å². The number of alkyl halides is 1. The molecule has 2 rings (SSSR count). The third-order valence-electron chi connectivity index (χ3n) is 7.19. The average molecular weight is 592 g/mol. The summed E-state index contributed by atoms with van der Waals surface area (Å²) in [5.41, 5.74) is 5.99. The maximum atomic E-state index is 13.5. The lowest BCUT2D eigenvalue weighted by atomic mass is 9.85. The van der Waals surface area contributed by atoms with Crippen LogP contribution in [-0.2, 0) is 28.6 Å². The number of halogens is 1. The van der Waals surface area contributed by atoms with Crippen molar-refractivity contribution in [3.05, 3.63) is 58.5 Å². The summed E-state index contributed by atoms with van der Waals surface area (Å²) in [5, 5.41) is 16.4. The van der Waals surface area contributed by atoms with Crippen LogP contribution in [0.3, 0.4) is 0 Å². The molecule has 42 heavy (non-hydrogen) atoms. The van der Waals surface area contributed by atoms with Gasteiger partial charge in [-0.1, -0.05) is 38.2 Å². The van der Waals surface area contributed by atoms with Crippen molar-refractivity contribution in [1.29, 1.82) is 0 Å². The van der Waals surface area contributed by atoms with Crippen molar-refractivity contribution in [2.45, 2.75) is 65.0 Å². The molecule has 0 aromatic rings. The number of hydrogen-bond donors (Lipinski definition) is 4. The number of ether oxygens (including phenoxy) is 3. The highest BCUT2D eigenvalue weighted by Crippen LogP contribution is 2.28. The van der Waals surface area contributed by atoms with E-state index in [4.69, 9.17) is 19.9 Å². The van der Waals surface area contributed by atoms with Gasteiger partial charge >= 0.3 is 6.09 Å². The van der Waals surface area contributed by atoms with Crippen LogP contribution >= 0.6 is 0 Å². The van der Waals surface area contributed by atoms with E-state index < -0.39 is 60.6 Å². The Morgan fingerprint density at radius 1 is 1.19 bits per heavy atom. The van der Waals surface area contributed by atoms with E-state index in [1.54, 1.807) is 26.0 Å². The molecule has 0 fully saturated rings. The Hall–Kier alpha value is -3.61. The van der Waals surface area contributed by atoms with Crippen LogP contribution in [-0.4, -0.2) is 80.5 Å². The van der Waals surface area contributed by atoms with Gasteiger partial charge in [-0.05, 0) is 38.2 Å². The fraction of sp³-hybridized carbons (Fsp3) is 0.533. The van der Waals surface area contributed by atoms with Crippen LogP contribution in [0.5, 0.6) is 0 Å². The van der Waals surface area contributed by atoms with Gasteiger partial charge in [0.2, 0.25) is 11.6 Å². The van der Waals surface area contributed by atoms with Crippen molar-refractivity contribution >= 4 is 23.6 Å². The van der Waals surface area contributed by atoms with Gasteiger partial charge in [0.1, 0.15) is 12.8 Å². The Bertz CT molecular complexity index is 1190. The Kier molecular flexibility index (Phi) is 13.3. The first kappa shape index (κ1) is 34.6. The second kappa shape index (κ2) is 16.1. The number of nitrogens with one attached hydrogen (secondary N) is 2. The highest BCUT2D eigenvalue weighted by Gasteiger charge is 2.33. The van der Waals surface area contributed by atoms with Crippen LogP contribution in [0.25, 0.3) is 0 Å². The Labute approximate surface area is 245 Å². The number of allylic oxidation sites excluding steroid dienone is 4. The predicted molar refractivity (Wildman–Crippen MR) is 154 cm³/mol. The lowest BCUT2D eigenvalue weighted by Crippen LogP contribution is -2.38. The summed E-state index contributed by atoms with van der Waals surface area (Å²) in [6, 6.07) is 0. The Balaban J connectivity index is 2.61. The molecule has 0 aromatic carbocycles. The van der Waals surface area contributed by atoms with Gasteiger partial charge < -0.3 is 35.7 Å². The number of methoxy groups -OCH3 is 2. The lowest BCUT2D eigenvalue weighted by molar-refractivity contribution is -0.120. The first-order valence-electron chi connectivity index (χ1n) is 13.7. The van der Waals surface area contributed by atoms with Gasteiger partial charge in [-0.25, -0.2) is 9.18 Å². The fourth-order valence-electron chi connectivity index (χ4n) is 4.95. The molecule has 11 nitrogen and oxygen atoms in total. The molecule has 2 aliphatic rings. The number of carbonyl (C=O) groups is 4. The fourth-order valence-corrected chi connectivity index (χ4v) is 4.95. The molecule has 5 N–H and O–H groups in total. The Morgan fingerprint density at radius 2 is 1.88 bits per heavy atom. The van der Waals surface area contributed by atoms with E-state index in [1.165, 1.54) is 33.3 Å². The van der Waals surface area contributed by atoms with Crippen molar-refractivity contribution in [3.8, 4) is 0 Å². The quantitative estimate of drug-likeness (QED) is 0.268. The predicted octanol–water partition coefficient (Wildman–Crippen LogP) is 2.32. The molecular formula is C30H42FN3O8. The second-order valence-electron chi connectivity index (χ2n) is 10.5. The first-order chi connectivity index (χ1) is 19.8. The van der Waals surface area contributed by atoms with Gasteiger partial charge in [-0.2, -0.15) is 0 Å². The molecule has 0 spiro atoms. The van der Waals surface area contributed by atoms with Crippen molar-refractivity contribution in [1.82, 2.24) is 10.6 Å². The van der Waals surface area contributed by atoms with E-state index >= 15 is 0 Å². The third-order valence-corrected chi connectivity index (χ3v) is 7.19.